The largest absolute Gasteiger partial charge is 0.433 e. The van der Waals surface area contributed by atoms with E-state index in [2.05, 4.69) is 20.6 Å². The maximum Gasteiger partial charge on any atom is 0.433 e. The Kier molecular flexibility index (Phi) is 4.64. The van der Waals surface area contributed by atoms with Gasteiger partial charge in [-0.25, -0.2) is 4.98 Å². The zero-order valence-electron chi connectivity index (χ0n) is 13.4. The molecule has 0 fully saturated rings. The van der Waals surface area contributed by atoms with Gasteiger partial charge in [0, 0.05) is 17.3 Å². The number of alkyl halides is 3. The van der Waals surface area contributed by atoms with E-state index in [-0.39, 0.29) is 11.8 Å². The number of hydrogen-bond donors (Lipinski definition) is 2. The summed E-state index contributed by atoms with van der Waals surface area (Å²) < 4.78 is 39.1. The second-order valence-electron chi connectivity index (χ2n) is 6.15. The van der Waals surface area contributed by atoms with Crippen molar-refractivity contribution in [3.05, 3.63) is 41.6 Å². The van der Waals surface area contributed by atoms with Crippen LogP contribution in [-0.4, -0.2) is 15.5 Å². The summed E-state index contributed by atoms with van der Waals surface area (Å²) in [7, 11) is 0. The molecule has 24 heavy (non-hydrogen) atoms. The van der Waals surface area contributed by atoms with Gasteiger partial charge in [0.2, 0.25) is 5.95 Å². The number of nitriles is 1. The molecule has 8 heteroatoms. The Bertz CT molecular complexity index is 773. The lowest BCUT2D eigenvalue weighted by atomic mass is 10.1. The molecule has 0 atom stereocenters. The van der Waals surface area contributed by atoms with Gasteiger partial charge < -0.3 is 10.6 Å². The minimum atomic E-state index is -4.60. The average molecular weight is 335 g/mol. The third-order valence-corrected chi connectivity index (χ3v) is 2.77. The third kappa shape index (κ3) is 4.84. The number of anilines is 3. The number of aromatic nitrogens is 2. The second-order valence-corrected chi connectivity index (χ2v) is 6.15. The van der Waals surface area contributed by atoms with Crippen LogP contribution in [0.3, 0.4) is 0 Å². The van der Waals surface area contributed by atoms with E-state index >= 15 is 0 Å². The highest BCUT2D eigenvalue weighted by Gasteiger charge is 2.34. The van der Waals surface area contributed by atoms with Crippen molar-refractivity contribution in [3.8, 4) is 6.07 Å². The molecule has 0 saturated carbocycles. The summed E-state index contributed by atoms with van der Waals surface area (Å²) in [4.78, 5) is 7.59. The Labute approximate surface area is 137 Å². The van der Waals surface area contributed by atoms with Crippen molar-refractivity contribution >= 4 is 17.5 Å². The topological polar surface area (TPSA) is 73.6 Å². The molecule has 0 amide bonds. The van der Waals surface area contributed by atoms with Gasteiger partial charge in [-0.15, -0.1) is 0 Å². The highest BCUT2D eigenvalue weighted by molar-refractivity contribution is 5.60. The van der Waals surface area contributed by atoms with Gasteiger partial charge in [-0.2, -0.15) is 23.4 Å². The monoisotopic (exact) mass is 335 g/mol. The zero-order chi connectivity index (χ0) is 18.0. The first-order valence-electron chi connectivity index (χ1n) is 7.08. The fourth-order valence-corrected chi connectivity index (χ4v) is 1.86. The quantitative estimate of drug-likeness (QED) is 0.874. The molecule has 5 nitrogen and oxygen atoms in total. The van der Waals surface area contributed by atoms with Crippen LogP contribution in [0.1, 0.15) is 32.0 Å². The SMILES string of the molecule is CC(C)(C)Nc1nc(Nc2cccc(C#N)c2)cc(C(F)(F)F)n1. The van der Waals surface area contributed by atoms with Gasteiger partial charge in [0.25, 0.3) is 0 Å². The van der Waals surface area contributed by atoms with Crippen molar-refractivity contribution in [2.75, 3.05) is 10.6 Å². The van der Waals surface area contributed by atoms with E-state index in [1.54, 1.807) is 39.0 Å². The molecule has 0 aliphatic carbocycles. The van der Waals surface area contributed by atoms with Crippen molar-refractivity contribution in [2.24, 2.45) is 0 Å². The van der Waals surface area contributed by atoms with E-state index in [9.17, 15) is 13.2 Å². The third-order valence-electron chi connectivity index (χ3n) is 2.77. The maximum atomic E-state index is 13.0. The minimum absolute atomic E-state index is 0.0147. The predicted octanol–water partition coefficient (Wildman–Crippen LogP) is 4.32. The summed E-state index contributed by atoms with van der Waals surface area (Å²) in [5, 5.41) is 14.5. The highest BCUT2D eigenvalue weighted by atomic mass is 19.4. The van der Waals surface area contributed by atoms with Crippen LogP contribution in [0.15, 0.2) is 30.3 Å². The Morgan fingerprint density at radius 1 is 1.08 bits per heavy atom. The Morgan fingerprint density at radius 3 is 2.38 bits per heavy atom. The molecular weight excluding hydrogens is 319 g/mol. The molecule has 0 unspecified atom stereocenters. The lowest BCUT2D eigenvalue weighted by Crippen LogP contribution is -2.28. The predicted molar refractivity (Wildman–Crippen MR) is 84.8 cm³/mol. The van der Waals surface area contributed by atoms with Crippen molar-refractivity contribution in [3.63, 3.8) is 0 Å². The molecule has 0 aliphatic rings. The molecule has 0 aliphatic heterocycles. The van der Waals surface area contributed by atoms with Crippen LogP contribution < -0.4 is 10.6 Å². The van der Waals surface area contributed by atoms with E-state index in [1.807, 2.05) is 6.07 Å². The van der Waals surface area contributed by atoms with Gasteiger partial charge in [-0.1, -0.05) is 6.07 Å². The van der Waals surface area contributed by atoms with Crippen molar-refractivity contribution in [1.82, 2.24) is 9.97 Å². The Morgan fingerprint density at radius 2 is 1.79 bits per heavy atom. The first-order valence-corrected chi connectivity index (χ1v) is 7.08. The van der Waals surface area contributed by atoms with Crippen molar-refractivity contribution in [1.29, 1.82) is 5.26 Å². The lowest BCUT2D eigenvalue weighted by Gasteiger charge is -2.21. The van der Waals surface area contributed by atoms with Gasteiger partial charge in [0.1, 0.15) is 5.82 Å². The van der Waals surface area contributed by atoms with Crippen LogP contribution >= 0.6 is 0 Å². The Hall–Kier alpha value is -2.82. The molecule has 0 bridgehead atoms. The summed E-state index contributed by atoms with van der Waals surface area (Å²) >= 11 is 0. The van der Waals surface area contributed by atoms with Crippen LogP contribution in [0.4, 0.5) is 30.6 Å². The number of benzene rings is 1. The molecule has 126 valence electrons. The molecule has 1 aromatic carbocycles. The number of nitrogens with zero attached hydrogens (tertiary/aromatic N) is 3. The van der Waals surface area contributed by atoms with E-state index in [4.69, 9.17) is 5.26 Å². The highest BCUT2D eigenvalue weighted by Crippen LogP contribution is 2.31. The first kappa shape index (κ1) is 17.5. The van der Waals surface area contributed by atoms with Gasteiger partial charge >= 0.3 is 6.18 Å². The fraction of sp³-hybridized carbons (Fsp3) is 0.312. The van der Waals surface area contributed by atoms with Gasteiger partial charge in [0.15, 0.2) is 5.69 Å². The lowest BCUT2D eigenvalue weighted by molar-refractivity contribution is -0.141. The number of rotatable bonds is 3. The Balaban J connectivity index is 2.41. The summed E-state index contributed by atoms with van der Waals surface area (Å²) in [6.07, 6.45) is -4.60. The van der Waals surface area contributed by atoms with Crippen LogP contribution in [0, 0.1) is 11.3 Å². The van der Waals surface area contributed by atoms with Crippen LogP contribution in [0.5, 0.6) is 0 Å². The van der Waals surface area contributed by atoms with E-state index in [0.29, 0.717) is 11.3 Å². The number of halogens is 3. The van der Waals surface area contributed by atoms with Crippen molar-refractivity contribution < 1.29 is 13.2 Å². The van der Waals surface area contributed by atoms with E-state index < -0.39 is 17.4 Å². The molecule has 2 N–H and O–H groups in total. The normalized spacial score (nSPS) is 11.7. The van der Waals surface area contributed by atoms with E-state index in [0.717, 1.165) is 6.07 Å². The number of hydrogen-bond acceptors (Lipinski definition) is 5. The van der Waals surface area contributed by atoms with Crippen molar-refractivity contribution in [2.45, 2.75) is 32.5 Å². The van der Waals surface area contributed by atoms with E-state index in [1.165, 1.54) is 6.07 Å². The average Bonchev–Trinajstić information content (AvgIpc) is 2.44. The molecule has 2 aromatic rings. The second kappa shape index (κ2) is 6.35. The zero-order valence-corrected chi connectivity index (χ0v) is 13.4. The molecule has 1 heterocycles. The molecule has 1 aromatic heterocycles. The smallest absolute Gasteiger partial charge is 0.350 e. The summed E-state index contributed by atoms with van der Waals surface area (Å²) in [5.74, 6) is -0.143. The first-order chi connectivity index (χ1) is 11.1. The van der Waals surface area contributed by atoms with Crippen LogP contribution in [0.25, 0.3) is 0 Å². The molecule has 0 saturated heterocycles. The van der Waals surface area contributed by atoms with Crippen LogP contribution in [-0.2, 0) is 6.18 Å². The summed E-state index contributed by atoms with van der Waals surface area (Å²) in [6.45, 7) is 5.38. The molecule has 0 radical (unpaired) electrons. The fourth-order valence-electron chi connectivity index (χ4n) is 1.86. The molecule has 0 spiro atoms. The summed E-state index contributed by atoms with van der Waals surface area (Å²) in [6, 6.07) is 9.17. The van der Waals surface area contributed by atoms with Gasteiger partial charge in [-0.05, 0) is 39.0 Å². The van der Waals surface area contributed by atoms with Gasteiger partial charge in [0.05, 0.1) is 11.6 Å². The van der Waals surface area contributed by atoms with Gasteiger partial charge in [-0.3, -0.25) is 0 Å². The van der Waals surface area contributed by atoms with Crippen LogP contribution in [0.2, 0.25) is 0 Å². The maximum absolute atomic E-state index is 13.0. The molecular formula is C16H16F3N5. The summed E-state index contributed by atoms with van der Waals surface area (Å²) in [5.41, 5.74) is -0.703. The minimum Gasteiger partial charge on any atom is -0.350 e. The molecule has 2 rings (SSSR count). The standard InChI is InChI=1S/C16H16F3N5/c1-15(2,3)24-14-22-12(16(17,18)19)8-13(23-14)21-11-6-4-5-10(7-11)9-20/h4-8H,1-3H3,(H2,21,22,23,24). The number of nitrogens with one attached hydrogen (secondary N) is 2.